The van der Waals surface area contributed by atoms with E-state index in [-0.39, 0.29) is 24.3 Å². The predicted molar refractivity (Wildman–Crippen MR) is 84.2 cm³/mol. The van der Waals surface area contributed by atoms with Crippen molar-refractivity contribution in [2.75, 3.05) is 18.4 Å². The van der Waals surface area contributed by atoms with Crippen molar-refractivity contribution in [3.63, 3.8) is 0 Å². The van der Waals surface area contributed by atoms with Gasteiger partial charge in [0.1, 0.15) is 0 Å². The average molecular weight is 309 g/mol. The molecule has 1 aromatic heterocycles. The Labute approximate surface area is 129 Å². The van der Waals surface area contributed by atoms with Crippen LogP contribution in [0, 0.1) is 5.92 Å². The Morgan fingerprint density at radius 2 is 2.19 bits per heavy atom. The minimum Gasteiger partial charge on any atom is -0.333 e. The van der Waals surface area contributed by atoms with Crippen LogP contribution in [0.3, 0.4) is 0 Å². The predicted octanol–water partition coefficient (Wildman–Crippen LogP) is 2.90. The number of nitrogens with zero attached hydrogens (tertiary/aromatic N) is 2. The molecule has 0 bridgehead atoms. The molecule has 5 nitrogen and oxygen atoms in total. The van der Waals surface area contributed by atoms with Crippen molar-refractivity contribution >= 4 is 28.3 Å². The van der Waals surface area contributed by atoms with Gasteiger partial charge in [-0.1, -0.05) is 26.2 Å². The number of hydrogen-bond donors (Lipinski definition) is 1. The van der Waals surface area contributed by atoms with Crippen molar-refractivity contribution in [3.8, 4) is 0 Å². The smallest absolute Gasteiger partial charge is 0.245 e. The number of carbonyl (C=O) groups is 2. The molecular weight excluding hydrogens is 286 g/mol. The number of anilines is 1. The van der Waals surface area contributed by atoms with Crippen molar-refractivity contribution in [2.45, 2.75) is 45.4 Å². The lowest BCUT2D eigenvalue weighted by atomic mass is 10.2. The van der Waals surface area contributed by atoms with E-state index in [0.29, 0.717) is 11.7 Å². The zero-order valence-corrected chi connectivity index (χ0v) is 13.3. The number of aromatic nitrogens is 1. The summed E-state index contributed by atoms with van der Waals surface area (Å²) in [7, 11) is 0. The monoisotopic (exact) mass is 309 g/mol. The average Bonchev–Trinajstić information content (AvgIpc) is 3.20. The van der Waals surface area contributed by atoms with Gasteiger partial charge in [0.15, 0.2) is 5.13 Å². The Kier molecular flexibility index (Phi) is 6.17. The van der Waals surface area contributed by atoms with Crippen LogP contribution in [-0.2, 0) is 9.59 Å². The summed E-state index contributed by atoms with van der Waals surface area (Å²) in [5.74, 6) is 0.138. The number of hydrogen-bond acceptors (Lipinski definition) is 4. The number of nitrogens with one attached hydrogen (secondary N) is 1. The molecule has 0 unspecified atom stereocenters. The maximum Gasteiger partial charge on any atom is 0.245 e. The summed E-state index contributed by atoms with van der Waals surface area (Å²) in [5, 5.41) is 5.14. The van der Waals surface area contributed by atoms with Crippen molar-refractivity contribution < 1.29 is 9.59 Å². The molecule has 1 aromatic rings. The van der Waals surface area contributed by atoms with Gasteiger partial charge in [-0.05, 0) is 19.3 Å². The first-order valence-corrected chi connectivity index (χ1v) is 8.56. The first-order valence-electron chi connectivity index (χ1n) is 7.69. The Morgan fingerprint density at radius 1 is 1.38 bits per heavy atom. The van der Waals surface area contributed by atoms with E-state index in [1.165, 1.54) is 24.2 Å². The summed E-state index contributed by atoms with van der Waals surface area (Å²) in [6, 6.07) is 0. The van der Waals surface area contributed by atoms with E-state index in [1.807, 2.05) is 5.38 Å². The molecule has 0 atom stereocenters. The molecule has 1 N–H and O–H groups in total. The molecule has 0 spiro atoms. The van der Waals surface area contributed by atoms with Gasteiger partial charge in [-0.25, -0.2) is 4.98 Å². The van der Waals surface area contributed by atoms with Gasteiger partial charge in [-0.3, -0.25) is 9.59 Å². The van der Waals surface area contributed by atoms with Crippen LogP contribution in [0.1, 0.15) is 45.4 Å². The zero-order valence-electron chi connectivity index (χ0n) is 12.5. The summed E-state index contributed by atoms with van der Waals surface area (Å²) in [4.78, 5) is 30.0. The molecule has 0 radical (unpaired) electrons. The maximum atomic E-state index is 12.2. The summed E-state index contributed by atoms with van der Waals surface area (Å²) in [6.07, 6.45) is 8.02. The van der Waals surface area contributed by atoms with Gasteiger partial charge in [0.25, 0.3) is 0 Å². The third kappa shape index (κ3) is 5.46. The second-order valence-corrected chi connectivity index (χ2v) is 6.37. The number of unbranched alkanes of at least 4 members (excludes halogenated alkanes) is 3. The highest BCUT2D eigenvalue weighted by molar-refractivity contribution is 7.13. The quantitative estimate of drug-likeness (QED) is 0.713. The summed E-state index contributed by atoms with van der Waals surface area (Å²) in [5.41, 5.74) is 0. The third-order valence-corrected chi connectivity index (χ3v) is 4.22. The van der Waals surface area contributed by atoms with Gasteiger partial charge in [-0.2, -0.15) is 0 Å². The van der Waals surface area contributed by atoms with Crippen LogP contribution in [0.5, 0.6) is 0 Å². The fourth-order valence-corrected chi connectivity index (χ4v) is 2.75. The van der Waals surface area contributed by atoms with E-state index in [0.717, 1.165) is 25.7 Å². The molecule has 116 valence electrons. The molecular formula is C15H23N3O2S. The maximum absolute atomic E-state index is 12.2. The number of rotatable bonds is 9. The molecule has 1 heterocycles. The van der Waals surface area contributed by atoms with Gasteiger partial charge < -0.3 is 10.2 Å². The molecule has 1 aliphatic rings. The van der Waals surface area contributed by atoms with Crippen LogP contribution >= 0.6 is 11.3 Å². The van der Waals surface area contributed by atoms with Gasteiger partial charge in [0.05, 0.1) is 6.54 Å². The molecule has 0 aromatic carbocycles. The topological polar surface area (TPSA) is 62.3 Å². The van der Waals surface area contributed by atoms with Gasteiger partial charge in [0, 0.05) is 24.0 Å². The van der Waals surface area contributed by atoms with Crippen molar-refractivity contribution in [1.29, 1.82) is 0 Å². The summed E-state index contributed by atoms with van der Waals surface area (Å²) in [6.45, 7) is 2.98. The molecule has 1 aliphatic carbocycles. The van der Waals surface area contributed by atoms with Crippen LogP contribution in [-0.4, -0.2) is 34.8 Å². The molecule has 2 rings (SSSR count). The fourth-order valence-electron chi connectivity index (χ4n) is 2.20. The molecule has 2 amide bonds. The SMILES string of the molecule is CCCCCCN(CC(=O)Nc1nccs1)C(=O)C1CC1. The highest BCUT2D eigenvalue weighted by Gasteiger charge is 2.33. The Balaban J connectivity index is 1.82. The Bertz CT molecular complexity index is 457. The number of thiazole rings is 1. The lowest BCUT2D eigenvalue weighted by Gasteiger charge is -2.22. The van der Waals surface area contributed by atoms with E-state index in [1.54, 1.807) is 11.1 Å². The van der Waals surface area contributed by atoms with E-state index >= 15 is 0 Å². The van der Waals surface area contributed by atoms with Gasteiger partial charge in [0.2, 0.25) is 11.8 Å². The standard InChI is InChI=1S/C15H23N3O2S/c1-2-3-4-5-9-18(14(20)12-6-7-12)11-13(19)17-15-16-8-10-21-15/h8,10,12H,2-7,9,11H2,1H3,(H,16,17,19). The van der Waals surface area contributed by atoms with Crippen molar-refractivity contribution in [2.24, 2.45) is 5.92 Å². The van der Waals surface area contributed by atoms with E-state index in [4.69, 9.17) is 0 Å². The van der Waals surface area contributed by atoms with Gasteiger partial charge >= 0.3 is 0 Å². The Hall–Kier alpha value is -1.43. The highest BCUT2D eigenvalue weighted by Crippen LogP contribution is 2.31. The van der Waals surface area contributed by atoms with Crippen LogP contribution in [0.15, 0.2) is 11.6 Å². The molecule has 0 saturated heterocycles. The van der Waals surface area contributed by atoms with Crippen molar-refractivity contribution in [3.05, 3.63) is 11.6 Å². The van der Waals surface area contributed by atoms with E-state index in [2.05, 4.69) is 17.2 Å². The molecule has 0 aliphatic heterocycles. The molecule has 21 heavy (non-hydrogen) atoms. The van der Waals surface area contributed by atoms with Crippen LogP contribution in [0.2, 0.25) is 0 Å². The molecule has 1 fully saturated rings. The van der Waals surface area contributed by atoms with Crippen molar-refractivity contribution in [1.82, 2.24) is 9.88 Å². The second-order valence-electron chi connectivity index (χ2n) is 5.48. The fraction of sp³-hybridized carbons (Fsp3) is 0.667. The number of carbonyl (C=O) groups excluding carboxylic acids is 2. The van der Waals surface area contributed by atoms with E-state index < -0.39 is 0 Å². The minimum absolute atomic E-state index is 0.140. The first-order chi connectivity index (χ1) is 10.2. The lowest BCUT2D eigenvalue weighted by Crippen LogP contribution is -2.39. The summed E-state index contributed by atoms with van der Waals surface area (Å²) < 4.78 is 0. The minimum atomic E-state index is -0.158. The van der Waals surface area contributed by atoms with Crippen LogP contribution in [0.4, 0.5) is 5.13 Å². The van der Waals surface area contributed by atoms with Gasteiger partial charge in [-0.15, -0.1) is 11.3 Å². The second kappa shape index (κ2) is 8.12. The lowest BCUT2D eigenvalue weighted by molar-refractivity contribution is -0.135. The van der Waals surface area contributed by atoms with Crippen LogP contribution in [0.25, 0.3) is 0 Å². The molecule has 1 saturated carbocycles. The Morgan fingerprint density at radius 3 is 2.81 bits per heavy atom. The molecule has 6 heteroatoms. The van der Waals surface area contributed by atoms with Crippen LogP contribution < -0.4 is 5.32 Å². The zero-order chi connectivity index (χ0) is 15.1. The normalized spacial score (nSPS) is 14.0. The highest BCUT2D eigenvalue weighted by atomic mass is 32.1. The largest absolute Gasteiger partial charge is 0.333 e. The third-order valence-electron chi connectivity index (χ3n) is 3.53. The van der Waals surface area contributed by atoms with E-state index in [9.17, 15) is 9.59 Å². The number of amides is 2. The first kappa shape index (κ1) is 15.9. The summed E-state index contributed by atoms with van der Waals surface area (Å²) >= 11 is 1.38.